The molecule has 100 valence electrons. The number of halogens is 3. The Hall–Kier alpha value is -1.36. The Bertz CT molecular complexity index is 421. The Balaban J connectivity index is 2.79. The zero-order chi connectivity index (χ0) is 14.0. The molecule has 18 heavy (non-hydrogen) atoms. The normalized spacial score (nSPS) is 12.6. The summed E-state index contributed by atoms with van der Waals surface area (Å²) in [6.07, 6.45) is -4.25. The average molecular weight is 259 g/mol. The summed E-state index contributed by atoms with van der Waals surface area (Å²) in [5, 5.41) is 0. The van der Waals surface area contributed by atoms with Crippen molar-refractivity contribution < 1.29 is 18.0 Å². The van der Waals surface area contributed by atoms with Crippen LogP contribution in [0.5, 0.6) is 0 Å². The zero-order valence-electron chi connectivity index (χ0n) is 10.3. The number of hydrogen-bond acceptors (Lipinski definition) is 2. The highest BCUT2D eigenvalue weighted by Gasteiger charge is 2.30. The molecule has 0 saturated heterocycles. The van der Waals surface area contributed by atoms with Gasteiger partial charge in [0.15, 0.2) is 0 Å². The number of Topliss-reactive ketones (excluding diaryl/α,β-unsaturated/α-hetero) is 1. The molecule has 0 unspecified atom stereocenters. The molecule has 1 aromatic rings. The summed E-state index contributed by atoms with van der Waals surface area (Å²) in [6, 6.07) is 4.62. The van der Waals surface area contributed by atoms with E-state index in [1.165, 1.54) is 12.1 Å². The van der Waals surface area contributed by atoms with Crippen LogP contribution in [0.4, 0.5) is 13.2 Å². The molecular formula is C13H16F3NO. The van der Waals surface area contributed by atoms with E-state index in [2.05, 4.69) is 0 Å². The minimum atomic E-state index is -4.35. The quantitative estimate of drug-likeness (QED) is 0.903. The van der Waals surface area contributed by atoms with Gasteiger partial charge in [0.25, 0.3) is 0 Å². The van der Waals surface area contributed by atoms with Crippen LogP contribution in [0.3, 0.4) is 0 Å². The van der Waals surface area contributed by atoms with E-state index in [1.54, 1.807) is 13.8 Å². The Morgan fingerprint density at radius 3 is 2.06 bits per heavy atom. The summed E-state index contributed by atoms with van der Waals surface area (Å²) in [5.41, 5.74) is 4.68. The van der Waals surface area contributed by atoms with E-state index in [0.29, 0.717) is 5.56 Å². The van der Waals surface area contributed by atoms with Crippen LogP contribution in [0.1, 0.15) is 25.0 Å². The molecule has 0 aliphatic carbocycles. The maximum atomic E-state index is 12.3. The molecule has 0 saturated carbocycles. The van der Waals surface area contributed by atoms with Crippen LogP contribution in [-0.4, -0.2) is 12.3 Å². The van der Waals surface area contributed by atoms with Crippen molar-refractivity contribution in [2.24, 2.45) is 11.1 Å². The van der Waals surface area contributed by atoms with Gasteiger partial charge in [-0.15, -0.1) is 0 Å². The number of alkyl halides is 3. The number of benzene rings is 1. The first-order valence-corrected chi connectivity index (χ1v) is 5.56. The third-order valence-corrected chi connectivity index (χ3v) is 2.91. The van der Waals surface area contributed by atoms with Gasteiger partial charge in [-0.2, -0.15) is 13.2 Å². The Kier molecular flexibility index (Phi) is 4.16. The minimum Gasteiger partial charge on any atom is -0.329 e. The lowest BCUT2D eigenvalue weighted by Gasteiger charge is -2.20. The molecular weight excluding hydrogens is 243 g/mol. The van der Waals surface area contributed by atoms with Gasteiger partial charge in [0.2, 0.25) is 0 Å². The van der Waals surface area contributed by atoms with E-state index in [0.717, 1.165) is 12.1 Å². The molecule has 0 heterocycles. The highest BCUT2D eigenvalue weighted by Crippen LogP contribution is 2.29. The van der Waals surface area contributed by atoms with Crippen LogP contribution in [0.15, 0.2) is 24.3 Å². The van der Waals surface area contributed by atoms with Crippen LogP contribution < -0.4 is 5.73 Å². The van der Waals surface area contributed by atoms with Crippen LogP contribution >= 0.6 is 0 Å². The van der Waals surface area contributed by atoms with Crippen LogP contribution in [0, 0.1) is 5.41 Å². The van der Waals surface area contributed by atoms with Crippen molar-refractivity contribution in [2.75, 3.05) is 6.54 Å². The van der Waals surface area contributed by atoms with Crippen molar-refractivity contribution in [3.63, 3.8) is 0 Å². The molecule has 2 nitrogen and oxygen atoms in total. The van der Waals surface area contributed by atoms with Crippen molar-refractivity contribution in [1.29, 1.82) is 0 Å². The standard InChI is InChI=1S/C13H16F3NO/c1-12(2,8-17)11(18)7-9-3-5-10(6-4-9)13(14,15)16/h3-6H,7-8,17H2,1-2H3. The van der Waals surface area contributed by atoms with Crippen LogP contribution in [0.25, 0.3) is 0 Å². The molecule has 1 aromatic carbocycles. The molecule has 5 heteroatoms. The second-order valence-corrected chi connectivity index (χ2v) is 4.88. The molecule has 0 fully saturated rings. The molecule has 0 aromatic heterocycles. The van der Waals surface area contributed by atoms with Crippen molar-refractivity contribution in [2.45, 2.75) is 26.4 Å². The van der Waals surface area contributed by atoms with E-state index in [9.17, 15) is 18.0 Å². The fourth-order valence-corrected chi connectivity index (χ4v) is 1.35. The molecule has 0 atom stereocenters. The lowest BCUT2D eigenvalue weighted by Crippen LogP contribution is -2.33. The second kappa shape index (κ2) is 5.10. The third kappa shape index (κ3) is 3.57. The molecule has 1 rings (SSSR count). The highest BCUT2D eigenvalue weighted by molar-refractivity contribution is 5.86. The Labute approximate surface area is 104 Å². The van der Waals surface area contributed by atoms with E-state index in [1.807, 2.05) is 0 Å². The molecule has 0 amide bonds. The fraction of sp³-hybridized carbons (Fsp3) is 0.462. The minimum absolute atomic E-state index is 0.0789. The van der Waals surface area contributed by atoms with Crippen molar-refractivity contribution in [3.8, 4) is 0 Å². The first kappa shape index (κ1) is 14.7. The number of hydrogen-bond donors (Lipinski definition) is 1. The number of nitrogens with two attached hydrogens (primary N) is 1. The molecule has 0 spiro atoms. The maximum Gasteiger partial charge on any atom is 0.416 e. The summed E-state index contributed by atoms with van der Waals surface area (Å²) < 4.78 is 37.0. The van der Waals surface area contributed by atoms with Gasteiger partial charge in [0, 0.05) is 18.4 Å². The van der Waals surface area contributed by atoms with E-state index in [-0.39, 0.29) is 18.7 Å². The fourth-order valence-electron chi connectivity index (χ4n) is 1.35. The topological polar surface area (TPSA) is 43.1 Å². The number of carbonyl (C=O) groups excluding carboxylic acids is 1. The van der Waals surface area contributed by atoms with E-state index in [4.69, 9.17) is 5.73 Å². The maximum absolute atomic E-state index is 12.3. The summed E-state index contributed by atoms with van der Waals surface area (Å²) in [6.45, 7) is 3.66. The molecule has 0 aliphatic heterocycles. The molecule has 0 aliphatic rings. The average Bonchev–Trinajstić information content (AvgIpc) is 2.28. The SMILES string of the molecule is CC(C)(CN)C(=O)Cc1ccc(C(F)(F)F)cc1. The van der Waals surface area contributed by atoms with Gasteiger partial charge < -0.3 is 5.73 Å². The first-order chi connectivity index (χ1) is 8.16. The van der Waals surface area contributed by atoms with Crippen LogP contribution in [0.2, 0.25) is 0 Å². The highest BCUT2D eigenvalue weighted by atomic mass is 19.4. The molecule has 0 bridgehead atoms. The van der Waals surface area contributed by atoms with Gasteiger partial charge in [-0.1, -0.05) is 26.0 Å². The summed E-state index contributed by atoms with van der Waals surface area (Å²) in [7, 11) is 0. The van der Waals surface area contributed by atoms with Gasteiger partial charge in [-0.25, -0.2) is 0 Å². The third-order valence-electron chi connectivity index (χ3n) is 2.91. The molecule has 2 N–H and O–H groups in total. The van der Waals surface area contributed by atoms with Gasteiger partial charge in [0.05, 0.1) is 5.56 Å². The molecule has 0 radical (unpaired) electrons. The number of carbonyl (C=O) groups is 1. The first-order valence-electron chi connectivity index (χ1n) is 5.56. The van der Waals surface area contributed by atoms with E-state index >= 15 is 0 Å². The number of rotatable bonds is 4. The lowest BCUT2D eigenvalue weighted by atomic mass is 9.85. The summed E-state index contributed by atoms with van der Waals surface area (Å²) >= 11 is 0. The smallest absolute Gasteiger partial charge is 0.329 e. The van der Waals surface area contributed by atoms with Gasteiger partial charge in [0.1, 0.15) is 5.78 Å². The summed E-state index contributed by atoms with van der Waals surface area (Å²) in [4.78, 5) is 11.8. The second-order valence-electron chi connectivity index (χ2n) is 4.88. The predicted molar refractivity (Wildman–Crippen MR) is 63.0 cm³/mol. The van der Waals surface area contributed by atoms with Gasteiger partial charge in [-0.05, 0) is 17.7 Å². The van der Waals surface area contributed by atoms with Gasteiger partial charge in [-0.3, -0.25) is 4.79 Å². The van der Waals surface area contributed by atoms with Crippen molar-refractivity contribution in [3.05, 3.63) is 35.4 Å². The Morgan fingerprint density at radius 2 is 1.67 bits per heavy atom. The van der Waals surface area contributed by atoms with E-state index < -0.39 is 17.2 Å². The van der Waals surface area contributed by atoms with Crippen molar-refractivity contribution in [1.82, 2.24) is 0 Å². The monoisotopic (exact) mass is 259 g/mol. The lowest BCUT2D eigenvalue weighted by molar-refractivity contribution is -0.137. The summed E-state index contributed by atoms with van der Waals surface area (Å²) in [5.74, 6) is -0.0789. The Morgan fingerprint density at radius 1 is 1.17 bits per heavy atom. The van der Waals surface area contributed by atoms with Gasteiger partial charge >= 0.3 is 6.18 Å². The zero-order valence-corrected chi connectivity index (χ0v) is 10.3. The van der Waals surface area contributed by atoms with Crippen molar-refractivity contribution >= 4 is 5.78 Å². The van der Waals surface area contributed by atoms with Crippen LogP contribution in [-0.2, 0) is 17.4 Å². The largest absolute Gasteiger partial charge is 0.416 e. The predicted octanol–water partition coefficient (Wildman–Crippen LogP) is 2.80. The number of ketones is 1.